The molecule has 4 rings (SSSR count). The Bertz CT molecular complexity index is 967. The standard InChI is InChI=1S/C19H14N4O2/c24-18-11-17(23-19(18)25)10-16-6-5-15(22-16)9-14-4-3-13(21-14)8-12-2-1-7-20-12/h1-8,10-11,21H,9H2,(H,23,24,25). The molecule has 0 atom stereocenters. The fourth-order valence-electron chi connectivity index (χ4n) is 2.67. The molecule has 1 aromatic heterocycles. The van der Waals surface area contributed by atoms with Gasteiger partial charge in [0.15, 0.2) is 0 Å². The van der Waals surface area contributed by atoms with Crippen LogP contribution < -0.4 is 5.32 Å². The summed E-state index contributed by atoms with van der Waals surface area (Å²) >= 11 is 0. The molecule has 6 heteroatoms. The molecule has 3 aliphatic heterocycles. The van der Waals surface area contributed by atoms with Gasteiger partial charge >= 0.3 is 0 Å². The second-order valence-corrected chi connectivity index (χ2v) is 5.75. The van der Waals surface area contributed by atoms with Crippen LogP contribution in [0.4, 0.5) is 0 Å². The molecule has 0 saturated heterocycles. The summed E-state index contributed by atoms with van der Waals surface area (Å²) in [6, 6.07) is 4.02. The van der Waals surface area contributed by atoms with Gasteiger partial charge in [-0.05, 0) is 48.6 Å². The first kappa shape index (κ1) is 15.0. The van der Waals surface area contributed by atoms with Gasteiger partial charge in [-0.1, -0.05) is 0 Å². The summed E-state index contributed by atoms with van der Waals surface area (Å²) in [6.07, 6.45) is 15.0. The largest absolute Gasteiger partial charge is 0.359 e. The van der Waals surface area contributed by atoms with Crippen molar-refractivity contribution in [2.75, 3.05) is 0 Å². The molecule has 3 aliphatic rings. The summed E-state index contributed by atoms with van der Waals surface area (Å²) in [6.45, 7) is 0. The van der Waals surface area contributed by atoms with E-state index in [0.717, 1.165) is 22.8 Å². The van der Waals surface area contributed by atoms with Gasteiger partial charge in [0, 0.05) is 41.5 Å². The molecule has 122 valence electrons. The fraction of sp³-hybridized carbons (Fsp3) is 0.0526. The highest BCUT2D eigenvalue weighted by Crippen LogP contribution is 2.16. The third-order valence-electron chi connectivity index (χ3n) is 3.81. The summed E-state index contributed by atoms with van der Waals surface area (Å²) in [5.41, 5.74) is 5.03. The molecular formula is C19H14N4O2. The zero-order valence-corrected chi connectivity index (χ0v) is 13.2. The van der Waals surface area contributed by atoms with E-state index in [9.17, 15) is 9.59 Å². The minimum atomic E-state index is -0.604. The number of aromatic nitrogens is 1. The van der Waals surface area contributed by atoms with E-state index < -0.39 is 11.7 Å². The van der Waals surface area contributed by atoms with Crippen LogP contribution in [0.15, 0.2) is 75.7 Å². The van der Waals surface area contributed by atoms with E-state index in [1.165, 1.54) is 6.08 Å². The van der Waals surface area contributed by atoms with Crippen LogP contribution in [-0.4, -0.2) is 28.6 Å². The lowest BCUT2D eigenvalue weighted by atomic mass is 10.2. The van der Waals surface area contributed by atoms with Gasteiger partial charge < -0.3 is 10.3 Å². The van der Waals surface area contributed by atoms with Crippen molar-refractivity contribution in [3.05, 3.63) is 77.1 Å². The predicted octanol–water partition coefficient (Wildman–Crippen LogP) is 2.02. The normalized spacial score (nSPS) is 21.6. The Kier molecular flexibility index (Phi) is 3.70. The highest BCUT2D eigenvalue weighted by atomic mass is 16.2. The SMILES string of the molecule is O=C1C=C(C=C2C=CC(Cc3ccc(C=C4C=CC=N4)[nH]3)=N2)NC1=O. The Hall–Kier alpha value is -3.54. The van der Waals surface area contributed by atoms with Crippen LogP contribution in [0.1, 0.15) is 11.4 Å². The molecule has 4 heterocycles. The Morgan fingerprint density at radius 1 is 1.04 bits per heavy atom. The highest BCUT2D eigenvalue weighted by molar-refractivity contribution is 6.43. The number of nitrogens with zero attached hydrogens (tertiary/aromatic N) is 2. The number of amides is 1. The number of carbonyl (C=O) groups excluding carboxylic acids is 2. The molecule has 1 aromatic rings. The molecule has 6 nitrogen and oxygen atoms in total. The van der Waals surface area contributed by atoms with Crippen LogP contribution in [-0.2, 0) is 16.0 Å². The third kappa shape index (κ3) is 3.37. The van der Waals surface area contributed by atoms with Crippen molar-refractivity contribution in [1.29, 1.82) is 0 Å². The Labute approximate surface area is 143 Å². The molecule has 0 aromatic carbocycles. The molecule has 2 N–H and O–H groups in total. The van der Waals surface area contributed by atoms with E-state index in [-0.39, 0.29) is 0 Å². The van der Waals surface area contributed by atoms with Crippen LogP contribution >= 0.6 is 0 Å². The van der Waals surface area contributed by atoms with Crippen LogP contribution in [0, 0.1) is 0 Å². The summed E-state index contributed by atoms with van der Waals surface area (Å²) < 4.78 is 0. The van der Waals surface area contributed by atoms with Gasteiger partial charge in [0.05, 0.1) is 11.4 Å². The highest BCUT2D eigenvalue weighted by Gasteiger charge is 2.20. The lowest BCUT2D eigenvalue weighted by Crippen LogP contribution is -2.20. The molecule has 1 amide bonds. The minimum absolute atomic E-state index is 0.471. The summed E-state index contributed by atoms with van der Waals surface area (Å²) in [4.78, 5) is 34.4. The third-order valence-corrected chi connectivity index (χ3v) is 3.81. The van der Waals surface area contributed by atoms with Crippen molar-refractivity contribution in [2.45, 2.75) is 6.42 Å². The van der Waals surface area contributed by atoms with Crippen LogP contribution in [0.3, 0.4) is 0 Å². The van der Waals surface area contributed by atoms with Crippen molar-refractivity contribution >= 4 is 29.7 Å². The molecule has 0 spiro atoms. The van der Waals surface area contributed by atoms with Crippen LogP contribution in [0.5, 0.6) is 0 Å². The summed E-state index contributed by atoms with van der Waals surface area (Å²) in [7, 11) is 0. The molecule has 0 unspecified atom stereocenters. The number of H-pyrrole nitrogens is 1. The maximum Gasteiger partial charge on any atom is 0.296 e. The number of aromatic amines is 1. The molecular weight excluding hydrogens is 316 g/mol. The van der Waals surface area contributed by atoms with Crippen molar-refractivity contribution in [3.8, 4) is 0 Å². The Balaban J connectivity index is 1.44. The van der Waals surface area contributed by atoms with Crippen LogP contribution in [0.25, 0.3) is 6.08 Å². The maximum absolute atomic E-state index is 11.2. The first-order valence-corrected chi connectivity index (χ1v) is 7.80. The van der Waals surface area contributed by atoms with Crippen molar-refractivity contribution in [1.82, 2.24) is 10.3 Å². The number of nitrogens with one attached hydrogen (secondary N) is 2. The first-order valence-electron chi connectivity index (χ1n) is 7.80. The number of hydrogen-bond acceptors (Lipinski definition) is 4. The molecule has 25 heavy (non-hydrogen) atoms. The van der Waals surface area contributed by atoms with Gasteiger partial charge in [-0.15, -0.1) is 0 Å². The quantitative estimate of drug-likeness (QED) is 0.828. The van der Waals surface area contributed by atoms with Crippen molar-refractivity contribution in [2.24, 2.45) is 9.98 Å². The van der Waals surface area contributed by atoms with Gasteiger partial charge in [-0.3, -0.25) is 19.6 Å². The molecule has 0 radical (unpaired) electrons. The Morgan fingerprint density at radius 3 is 2.72 bits per heavy atom. The molecule has 0 fully saturated rings. The van der Waals surface area contributed by atoms with E-state index in [1.54, 1.807) is 12.3 Å². The summed E-state index contributed by atoms with van der Waals surface area (Å²) in [5.74, 6) is -1.14. The second-order valence-electron chi connectivity index (χ2n) is 5.75. The van der Waals surface area contributed by atoms with Crippen molar-refractivity contribution in [3.63, 3.8) is 0 Å². The number of hydrogen-bond donors (Lipinski definition) is 2. The second kappa shape index (κ2) is 6.16. The van der Waals surface area contributed by atoms with Gasteiger partial charge in [0.1, 0.15) is 0 Å². The number of aliphatic imine (C=N–C) groups is 2. The van der Waals surface area contributed by atoms with Gasteiger partial charge in [0.2, 0.25) is 5.78 Å². The molecule has 0 aliphatic carbocycles. The maximum atomic E-state index is 11.2. The smallest absolute Gasteiger partial charge is 0.296 e. The van der Waals surface area contributed by atoms with E-state index in [1.807, 2.05) is 42.5 Å². The lowest BCUT2D eigenvalue weighted by molar-refractivity contribution is -0.133. The van der Waals surface area contributed by atoms with E-state index in [0.29, 0.717) is 17.8 Å². The van der Waals surface area contributed by atoms with Gasteiger partial charge in [0.25, 0.3) is 5.91 Å². The monoisotopic (exact) mass is 330 g/mol. The van der Waals surface area contributed by atoms with Crippen molar-refractivity contribution < 1.29 is 9.59 Å². The predicted molar refractivity (Wildman–Crippen MR) is 96.0 cm³/mol. The molecule has 0 saturated carbocycles. The summed E-state index contributed by atoms with van der Waals surface area (Å²) in [5, 5.41) is 2.50. The Morgan fingerprint density at radius 2 is 1.96 bits per heavy atom. The number of carbonyl (C=O) groups is 2. The van der Waals surface area contributed by atoms with E-state index in [4.69, 9.17) is 0 Å². The lowest BCUT2D eigenvalue weighted by Gasteiger charge is -1.97. The topological polar surface area (TPSA) is 86.7 Å². The first-order chi connectivity index (χ1) is 12.2. The molecule has 0 bridgehead atoms. The number of rotatable bonds is 4. The van der Waals surface area contributed by atoms with E-state index in [2.05, 4.69) is 20.3 Å². The van der Waals surface area contributed by atoms with Gasteiger partial charge in [-0.25, -0.2) is 0 Å². The minimum Gasteiger partial charge on any atom is -0.359 e. The average Bonchev–Trinajstić information content (AvgIpc) is 3.34. The van der Waals surface area contributed by atoms with Crippen LogP contribution in [0.2, 0.25) is 0 Å². The zero-order valence-electron chi connectivity index (χ0n) is 13.2. The fourth-order valence-corrected chi connectivity index (χ4v) is 2.67. The average molecular weight is 330 g/mol. The number of ketones is 1. The van der Waals surface area contributed by atoms with E-state index >= 15 is 0 Å². The van der Waals surface area contributed by atoms with Gasteiger partial charge in [-0.2, -0.15) is 0 Å². The zero-order chi connectivity index (χ0) is 17.2. The number of allylic oxidation sites excluding steroid dienone is 5.